The van der Waals surface area contributed by atoms with E-state index in [2.05, 4.69) is 9.97 Å². The molecule has 0 spiro atoms. The Balaban J connectivity index is 1.78. The quantitative estimate of drug-likeness (QED) is 0.787. The fourth-order valence-corrected chi connectivity index (χ4v) is 4.12. The van der Waals surface area contributed by atoms with E-state index in [1.54, 1.807) is 16.2 Å². The van der Waals surface area contributed by atoms with Crippen molar-refractivity contribution in [2.24, 2.45) is 0 Å². The molecule has 120 valence electrons. The van der Waals surface area contributed by atoms with Gasteiger partial charge in [-0.25, -0.2) is 9.97 Å². The van der Waals surface area contributed by atoms with Crippen LogP contribution >= 0.6 is 22.7 Å². The average Bonchev–Trinajstić information content (AvgIpc) is 3.09. The van der Waals surface area contributed by atoms with E-state index in [0.29, 0.717) is 17.2 Å². The molecule has 0 saturated heterocycles. The number of aromatic nitrogens is 2. The largest absolute Gasteiger partial charge is 0.375 e. The Hall–Kier alpha value is -1.99. The van der Waals surface area contributed by atoms with Gasteiger partial charge >= 0.3 is 0 Å². The number of nitrogens with zero attached hydrogens (tertiary/aromatic N) is 3. The van der Waals surface area contributed by atoms with E-state index in [1.165, 1.54) is 16.2 Å². The van der Waals surface area contributed by atoms with E-state index in [4.69, 9.17) is 5.73 Å². The van der Waals surface area contributed by atoms with Gasteiger partial charge in [-0.15, -0.1) is 11.3 Å². The summed E-state index contributed by atoms with van der Waals surface area (Å²) in [5.74, 6) is 0.0177. The first-order valence-electron chi connectivity index (χ1n) is 7.27. The Morgan fingerprint density at radius 1 is 1.35 bits per heavy atom. The molecule has 0 bridgehead atoms. The number of rotatable bonds is 4. The van der Waals surface area contributed by atoms with Gasteiger partial charge in [0.1, 0.15) is 0 Å². The number of carbonyl (C=O) groups excluding carboxylic acids is 1. The van der Waals surface area contributed by atoms with Gasteiger partial charge in [-0.2, -0.15) is 0 Å². The molecule has 1 amide bonds. The Morgan fingerprint density at radius 3 is 2.83 bits per heavy atom. The predicted octanol–water partition coefficient (Wildman–Crippen LogP) is 3.27. The third-order valence-corrected chi connectivity index (χ3v) is 5.64. The maximum absolute atomic E-state index is 12.7. The molecule has 2 N–H and O–H groups in total. The molecule has 0 aliphatic carbocycles. The maximum atomic E-state index is 12.7. The second-order valence-corrected chi connectivity index (χ2v) is 7.53. The van der Waals surface area contributed by atoms with E-state index < -0.39 is 0 Å². The molecule has 3 aromatic rings. The number of aryl methyl sites for hydroxylation is 2. The molecule has 2 aromatic heterocycles. The smallest absolute Gasteiger partial charge is 0.253 e. The highest BCUT2D eigenvalue weighted by molar-refractivity contribution is 7.22. The lowest BCUT2D eigenvalue weighted by Crippen LogP contribution is -2.28. The molecule has 0 radical (unpaired) electrons. The second kappa shape index (κ2) is 6.25. The summed E-state index contributed by atoms with van der Waals surface area (Å²) in [7, 11) is 1.83. The van der Waals surface area contributed by atoms with Crippen LogP contribution in [0.4, 0.5) is 5.13 Å². The van der Waals surface area contributed by atoms with Crippen molar-refractivity contribution in [1.29, 1.82) is 0 Å². The number of fused-ring (bicyclic) bond motifs is 1. The van der Waals surface area contributed by atoms with Gasteiger partial charge < -0.3 is 10.6 Å². The van der Waals surface area contributed by atoms with Crippen LogP contribution in [-0.4, -0.2) is 34.4 Å². The summed E-state index contributed by atoms with van der Waals surface area (Å²) in [5, 5.41) is 0.529. The fraction of sp³-hybridized carbons (Fsp3) is 0.312. The van der Waals surface area contributed by atoms with Crippen LogP contribution in [0.25, 0.3) is 10.2 Å². The van der Waals surface area contributed by atoms with Crippen molar-refractivity contribution < 1.29 is 4.79 Å². The standard InChI is InChI=1S/C16H18N4OS2/c1-9-6-11(7-13-14(9)19-16(17)23-13)15(21)20(3)5-4-12-10(2)18-8-22-12/h6-8H,4-5H2,1-3H3,(H2,17,19). The summed E-state index contributed by atoms with van der Waals surface area (Å²) in [5.41, 5.74) is 11.2. The SMILES string of the molecule is Cc1ncsc1CCN(C)C(=O)c1cc(C)c2nc(N)sc2c1. The predicted molar refractivity (Wildman–Crippen MR) is 96.3 cm³/mol. The summed E-state index contributed by atoms with van der Waals surface area (Å²) in [4.78, 5) is 24.2. The Bertz CT molecular complexity index is 868. The van der Waals surface area contributed by atoms with Crippen LogP contribution in [0.3, 0.4) is 0 Å². The Labute approximate surface area is 142 Å². The molecule has 0 saturated carbocycles. The van der Waals surface area contributed by atoms with Gasteiger partial charge in [-0.05, 0) is 31.5 Å². The molecule has 2 heterocycles. The number of likely N-dealkylation sites (N-methyl/N-ethyl adjacent to an activating group) is 1. The molecule has 0 aliphatic rings. The van der Waals surface area contributed by atoms with Crippen LogP contribution in [0.1, 0.15) is 26.5 Å². The zero-order chi connectivity index (χ0) is 16.6. The highest BCUT2D eigenvalue weighted by Gasteiger charge is 2.15. The molecule has 3 rings (SSSR count). The molecule has 5 nitrogen and oxygen atoms in total. The van der Waals surface area contributed by atoms with Crippen LogP contribution < -0.4 is 5.73 Å². The number of nitrogen functional groups attached to an aromatic ring is 1. The van der Waals surface area contributed by atoms with E-state index in [9.17, 15) is 4.79 Å². The second-order valence-electron chi connectivity index (χ2n) is 5.53. The van der Waals surface area contributed by atoms with Crippen molar-refractivity contribution in [3.63, 3.8) is 0 Å². The minimum atomic E-state index is 0.0177. The van der Waals surface area contributed by atoms with Crippen LogP contribution in [0.5, 0.6) is 0 Å². The number of carbonyl (C=O) groups is 1. The first-order valence-corrected chi connectivity index (χ1v) is 8.96. The molecular weight excluding hydrogens is 328 g/mol. The molecule has 0 aliphatic heterocycles. The number of benzene rings is 1. The van der Waals surface area contributed by atoms with E-state index in [-0.39, 0.29) is 5.91 Å². The normalized spacial score (nSPS) is 11.1. The van der Waals surface area contributed by atoms with Crippen LogP contribution in [0.2, 0.25) is 0 Å². The van der Waals surface area contributed by atoms with E-state index in [1.807, 2.05) is 38.5 Å². The van der Waals surface area contributed by atoms with Gasteiger partial charge in [0, 0.05) is 30.5 Å². The topological polar surface area (TPSA) is 72.1 Å². The Morgan fingerprint density at radius 2 is 2.13 bits per heavy atom. The zero-order valence-electron chi connectivity index (χ0n) is 13.3. The number of amides is 1. The van der Waals surface area contributed by atoms with Gasteiger partial charge in [-0.3, -0.25) is 4.79 Å². The van der Waals surface area contributed by atoms with E-state index in [0.717, 1.165) is 27.9 Å². The summed E-state index contributed by atoms with van der Waals surface area (Å²) in [6.45, 7) is 4.63. The number of nitrogens with two attached hydrogens (primary N) is 1. The first kappa shape index (κ1) is 15.9. The van der Waals surface area contributed by atoms with E-state index >= 15 is 0 Å². The van der Waals surface area contributed by atoms with Gasteiger partial charge in [0.15, 0.2) is 5.13 Å². The van der Waals surface area contributed by atoms with Gasteiger partial charge in [-0.1, -0.05) is 11.3 Å². The third-order valence-electron chi connectivity index (χ3n) is 3.81. The summed E-state index contributed by atoms with van der Waals surface area (Å²) >= 11 is 3.05. The molecule has 1 aromatic carbocycles. The Kier molecular flexibility index (Phi) is 4.32. The lowest BCUT2D eigenvalue weighted by Gasteiger charge is -2.17. The van der Waals surface area contributed by atoms with Crippen molar-refractivity contribution in [3.05, 3.63) is 39.3 Å². The summed E-state index contributed by atoms with van der Waals surface area (Å²) in [6.07, 6.45) is 0.827. The van der Waals surface area contributed by atoms with Crippen LogP contribution in [0, 0.1) is 13.8 Å². The number of hydrogen-bond donors (Lipinski definition) is 1. The molecule has 23 heavy (non-hydrogen) atoms. The molecular formula is C16H18N4OS2. The van der Waals surface area contributed by atoms with Crippen molar-refractivity contribution in [1.82, 2.24) is 14.9 Å². The minimum absolute atomic E-state index is 0.0177. The van der Waals surface area contributed by atoms with Crippen molar-refractivity contribution in [3.8, 4) is 0 Å². The number of anilines is 1. The van der Waals surface area contributed by atoms with Crippen molar-refractivity contribution >= 4 is 43.9 Å². The van der Waals surface area contributed by atoms with Gasteiger partial charge in [0.25, 0.3) is 5.91 Å². The average molecular weight is 346 g/mol. The monoisotopic (exact) mass is 346 g/mol. The summed E-state index contributed by atoms with van der Waals surface area (Å²) in [6, 6.07) is 3.77. The number of hydrogen-bond acceptors (Lipinski definition) is 6. The fourth-order valence-electron chi connectivity index (χ4n) is 2.49. The lowest BCUT2D eigenvalue weighted by atomic mass is 10.1. The van der Waals surface area contributed by atoms with Crippen LogP contribution in [-0.2, 0) is 6.42 Å². The molecule has 0 fully saturated rings. The van der Waals surface area contributed by atoms with Crippen molar-refractivity contribution in [2.45, 2.75) is 20.3 Å². The summed E-state index contributed by atoms with van der Waals surface area (Å²) < 4.78 is 0.956. The molecule has 7 heteroatoms. The molecule has 0 unspecified atom stereocenters. The lowest BCUT2D eigenvalue weighted by molar-refractivity contribution is 0.0797. The molecule has 0 atom stereocenters. The first-order chi connectivity index (χ1) is 11.0. The highest BCUT2D eigenvalue weighted by atomic mass is 32.1. The van der Waals surface area contributed by atoms with Crippen molar-refractivity contribution in [2.75, 3.05) is 19.3 Å². The highest BCUT2D eigenvalue weighted by Crippen LogP contribution is 2.28. The number of thiazole rings is 2. The van der Waals surface area contributed by atoms with Gasteiger partial charge in [0.05, 0.1) is 21.4 Å². The maximum Gasteiger partial charge on any atom is 0.253 e. The zero-order valence-corrected chi connectivity index (χ0v) is 14.9. The van der Waals surface area contributed by atoms with Gasteiger partial charge in [0.2, 0.25) is 0 Å². The third kappa shape index (κ3) is 3.20. The minimum Gasteiger partial charge on any atom is -0.375 e. The van der Waals surface area contributed by atoms with Crippen LogP contribution in [0.15, 0.2) is 17.6 Å².